The maximum absolute atomic E-state index is 12.3. The highest BCUT2D eigenvalue weighted by atomic mass is 32.2. The Kier molecular flexibility index (Phi) is 5.59. The highest BCUT2D eigenvalue weighted by Gasteiger charge is 2.12. The Balaban J connectivity index is 2.03. The van der Waals surface area contributed by atoms with Crippen LogP contribution in [0.4, 0.5) is 17.5 Å². The summed E-state index contributed by atoms with van der Waals surface area (Å²) in [5.74, 6) is 0.792. The van der Waals surface area contributed by atoms with Crippen LogP contribution in [-0.2, 0) is 10.8 Å². The second-order valence-corrected chi connectivity index (χ2v) is 7.02. The standard InChI is InChI=1S/C17H20N6O2S/c1-26(25)12-5-2-4-11(10-12)21-15-14-13(6-9-19-16(14)24)22-17(23-15)20-8-3-7-18/h2,4-6,9-10H,3,7-8,18H2,1H3,(H,19,24)(H2,20,21,22,23). The smallest absolute Gasteiger partial charge is 0.261 e. The van der Waals surface area contributed by atoms with E-state index >= 15 is 0 Å². The number of pyridine rings is 1. The van der Waals surface area contributed by atoms with Crippen LogP contribution in [0.5, 0.6) is 0 Å². The molecule has 26 heavy (non-hydrogen) atoms. The lowest BCUT2D eigenvalue weighted by Crippen LogP contribution is -2.14. The number of nitrogens with two attached hydrogens (primary N) is 1. The molecule has 1 atom stereocenters. The van der Waals surface area contributed by atoms with Crippen molar-refractivity contribution in [2.75, 3.05) is 30.0 Å². The molecule has 2 aromatic heterocycles. The molecule has 0 spiro atoms. The predicted molar refractivity (Wildman–Crippen MR) is 104 cm³/mol. The summed E-state index contributed by atoms with van der Waals surface area (Å²) in [7, 11) is -1.10. The summed E-state index contributed by atoms with van der Waals surface area (Å²) < 4.78 is 11.7. The Morgan fingerprint density at radius 3 is 2.88 bits per heavy atom. The maximum atomic E-state index is 12.3. The van der Waals surface area contributed by atoms with Gasteiger partial charge in [0.1, 0.15) is 11.2 Å². The first kappa shape index (κ1) is 18.0. The van der Waals surface area contributed by atoms with Crippen LogP contribution < -0.4 is 21.9 Å². The lowest BCUT2D eigenvalue weighted by molar-refractivity contribution is 0.687. The molecule has 0 bridgehead atoms. The average Bonchev–Trinajstić information content (AvgIpc) is 2.62. The summed E-state index contributed by atoms with van der Waals surface area (Å²) in [5, 5.41) is 6.61. The largest absolute Gasteiger partial charge is 0.354 e. The monoisotopic (exact) mass is 372 g/mol. The molecule has 1 aromatic carbocycles. The molecular weight excluding hydrogens is 352 g/mol. The lowest BCUT2D eigenvalue weighted by atomic mass is 10.2. The molecule has 3 aromatic rings. The first-order valence-electron chi connectivity index (χ1n) is 8.12. The maximum Gasteiger partial charge on any atom is 0.261 e. The van der Waals surface area contributed by atoms with E-state index in [1.807, 2.05) is 6.07 Å². The number of nitrogens with one attached hydrogen (secondary N) is 3. The molecule has 136 valence electrons. The summed E-state index contributed by atoms with van der Waals surface area (Å²) in [6, 6.07) is 8.89. The van der Waals surface area contributed by atoms with E-state index in [2.05, 4.69) is 25.6 Å². The van der Waals surface area contributed by atoms with Gasteiger partial charge in [0.15, 0.2) is 0 Å². The van der Waals surface area contributed by atoms with E-state index in [1.165, 1.54) is 0 Å². The number of hydrogen-bond donors (Lipinski definition) is 4. The first-order chi connectivity index (χ1) is 12.6. The summed E-state index contributed by atoms with van der Waals surface area (Å²) in [6.07, 6.45) is 3.94. The summed E-state index contributed by atoms with van der Waals surface area (Å²) in [6.45, 7) is 1.20. The van der Waals surface area contributed by atoms with Gasteiger partial charge in [-0.15, -0.1) is 0 Å². The van der Waals surface area contributed by atoms with Gasteiger partial charge in [-0.3, -0.25) is 9.00 Å². The number of H-pyrrole nitrogens is 1. The van der Waals surface area contributed by atoms with Crippen molar-refractivity contribution in [2.45, 2.75) is 11.3 Å². The molecule has 9 heteroatoms. The summed E-state index contributed by atoms with van der Waals surface area (Å²) in [4.78, 5) is 24.4. The first-order valence-corrected chi connectivity index (χ1v) is 9.68. The van der Waals surface area contributed by atoms with Gasteiger partial charge in [0, 0.05) is 40.4 Å². The number of aromatic nitrogens is 3. The average molecular weight is 372 g/mol. The van der Waals surface area contributed by atoms with Crippen molar-refractivity contribution in [1.29, 1.82) is 0 Å². The van der Waals surface area contributed by atoms with E-state index in [4.69, 9.17) is 5.73 Å². The second kappa shape index (κ2) is 8.07. The molecule has 0 aliphatic carbocycles. The number of anilines is 3. The van der Waals surface area contributed by atoms with Crippen molar-refractivity contribution in [2.24, 2.45) is 5.73 Å². The van der Waals surface area contributed by atoms with E-state index < -0.39 is 10.8 Å². The minimum atomic E-state index is -1.10. The zero-order valence-electron chi connectivity index (χ0n) is 14.3. The van der Waals surface area contributed by atoms with E-state index in [0.717, 1.165) is 6.42 Å². The zero-order valence-corrected chi connectivity index (χ0v) is 15.1. The van der Waals surface area contributed by atoms with Crippen molar-refractivity contribution in [3.63, 3.8) is 0 Å². The topological polar surface area (TPSA) is 126 Å². The van der Waals surface area contributed by atoms with E-state index in [1.54, 1.807) is 36.7 Å². The van der Waals surface area contributed by atoms with Gasteiger partial charge >= 0.3 is 0 Å². The Hall–Kier alpha value is -2.78. The molecule has 3 rings (SSSR count). The highest BCUT2D eigenvalue weighted by Crippen LogP contribution is 2.23. The van der Waals surface area contributed by atoms with E-state index in [9.17, 15) is 9.00 Å². The molecule has 2 heterocycles. The fourth-order valence-corrected chi connectivity index (χ4v) is 3.02. The molecule has 5 N–H and O–H groups in total. The third-order valence-electron chi connectivity index (χ3n) is 3.71. The SMILES string of the molecule is CS(=O)c1cccc(Nc2nc(NCCCN)nc3cc[nH]c(=O)c23)c1. The predicted octanol–water partition coefficient (Wildman–Crippen LogP) is 1.56. The minimum absolute atomic E-state index is 0.284. The molecule has 0 radical (unpaired) electrons. The molecule has 8 nitrogen and oxygen atoms in total. The summed E-state index contributed by atoms with van der Waals surface area (Å²) in [5.41, 5.74) is 6.44. The number of rotatable bonds is 7. The van der Waals surface area contributed by atoms with Crippen LogP contribution in [0.15, 0.2) is 46.2 Å². The van der Waals surface area contributed by atoms with E-state index in [-0.39, 0.29) is 5.56 Å². The number of hydrogen-bond acceptors (Lipinski definition) is 7. The number of nitrogens with zero attached hydrogens (tertiary/aromatic N) is 2. The Morgan fingerprint density at radius 1 is 1.27 bits per heavy atom. The highest BCUT2D eigenvalue weighted by molar-refractivity contribution is 7.84. The second-order valence-electron chi connectivity index (χ2n) is 5.64. The van der Waals surface area contributed by atoms with Crippen LogP contribution in [0, 0.1) is 0 Å². The fourth-order valence-electron chi connectivity index (χ4n) is 2.45. The van der Waals surface area contributed by atoms with Gasteiger partial charge < -0.3 is 21.4 Å². The van der Waals surface area contributed by atoms with Crippen molar-refractivity contribution in [1.82, 2.24) is 15.0 Å². The van der Waals surface area contributed by atoms with E-state index in [0.29, 0.717) is 46.3 Å². The number of aromatic amines is 1. The van der Waals surface area contributed by atoms with Gasteiger partial charge in [-0.1, -0.05) is 6.07 Å². The zero-order chi connectivity index (χ0) is 18.5. The van der Waals surface area contributed by atoms with Crippen LogP contribution in [-0.4, -0.2) is 38.5 Å². The van der Waals surface area contributed by atoms with Gasteiger partial charge in [-0.2, -0.15) is 4.98 Å². The molecule has 0 fully saturated rings. The minimum Gasteiger partial charge on any atom is -0.354 e. The molecule has 0 saturated heterocycles. The fraction of sp³-hybridized carbons (Fsp3) is 0.235. The van der Waals surface area contributed by atoms with Gasteiger partial charge in [0.05, 0.1) is 5.52 Å². The number of benzene rings is 1. The van der Waals surface area contributed by atoms with Gasteiger partial charge in [-0.05, 0) is 37.2 Å². The molecule has 1 unspecified atom stereocenters. The van der Waals surface area contributed by atoms with Crippen LogP contribution in [0.2, 0.25) is 0 Å². The van der Waals surface area contributed by atoms with Crippen LogP contribution in [0.1, 0.15) is 6.42 Å². The summed E-state index contributed by atoms with van der Waals surface area (Å²) >= 11 is 0. The Labute approximate surface area is 152 Å². The third-order valence-corrected chi connectivity index (χ3v) is 4.63. The van der Waals surface area contributed by atoms with Crippen LogP contribution in [0.3, 0.4) is 0 Å². The van der Waals surface area contributed by atoms with Crippen molar-refractivity contribution < 1.29 is 4.21 Å². The number of fused-ring (bicyclic) bond motifs is 1. The molecule has 0 aliphatic rings. The van der Waals surface area contributed by atoms with Gasteiger partial charge in [0.25, 0.3) is 5.56 Å². The van der Waals surface area contributed by atoms with Crippen molar-refractivity contribution in [3.05, 3.63) is 46.9 Å². The van der Waals surface area contributed by atoms with Crippen molar-refractivity contribution >= 4 is 39.2 Å². The Morgan fingerprint density at radius 2 is 2.12 bits per heavy atom. The molecule has 0 aliphatic heterocycles. The Bertz CT molecular complexity index is 1000. The quantitative estimate of drug-likeness (QED) is 0.464. The normalized spacial score (nSPS) is 12.1. The van der Waals surface area contributed by atoms with Gasteiger partial charge in [-0.25, -0.2) is 4.98 Å². The molecule has 0 saturated carbocycles. The van der Waals surface area contributed by atoms with Crippen LogP contribution >= 0.6 is 0 Å². The lowest BCUT2D eigenvalue weighted by Gasteiger charge is -2.11. The molecular formula is C17H20N6O2S. The van der Waals surface area contributed by atoms with Crippen molar-refractivity contribution in [3.8, 4) is 0 Å². The third kappa shape index (κ3) is 4.06. The molecule has 0 amide bonds. The van der Waals surface area contributed by atoms with Gasteiger partial charge in [0.2, 0.25) is 5.95 Å². The van der Waals surface area contributed by atoms with Crippen LogP contribution in [0.25, 0.3) is 10.9 Å².